The molecule has 2 nitrogen and oxygen atoms in total. The fourth-order valence-corrected chi connectivity index (χ4v) is 2.05. The molecule has 0 atom stereocenters. The molecule has 112 valence electrons. The summed E-state index contributed by atoms with van der Waals surface area (Å²) < 4.78 is 32.9. The predicted molar refractivity (Wildman–Crippen MR) is 79.9 cm³/mol. The summed E-state index contributed by atoms with van der Waals surface area (Å²) in [5.41, 5.74) is 1.13. The normalized spacial score (nSPS) is 11.4. The second-order valence-corrected chi connectivity index (χ2v) is 4.85. The quantitative estimate of drug-likeness (QED) is 0.787. The Hall–Kier alpha value is -1.94. The molecule has 0 aliphatic rings. The van der Waals surface area contributed by atoms with E-state index in [9.17, 15) is 8.78 Å². The van der Waals surface area contributed by atoms with Gasteiger partial charge in [-0.05, 0) is 30.7 Å². The minimum Gasteiger partial charge on any atom is -0.497 e. The molecule has 4 heteroatoms. The summed E-state index contributed by atoms with van der Waals surface area (Å²) in [5.74, 6) is -2.05. The van der Waals surface area contributed by atoms with Crippen molar-refractivity contribution >= 4 is 0 Å². The summed E-state index contributed by atoms with van der Waals surface area (Å²) in [6.07, 6.45) is 0.703. The van der Waals surface area contributed by atoms with Crippen LogP contribution in [0.15, 0.2) is 54.6 Å². The van der Waals surface area contributed by atoms with E-state index in [-0.39, 0.29) is 12.1 Å². The number of benzene rings is 2. The Morgan fingerprint density at radius 2 is 1.67 bits per heavy atom. The van der Waals surface area contributed by atoms with Crippen LogP contribution >= 0.6 is 0 Å². The van der Waals surface area contributed by atoms with Gasteiger partial charge in [-0.1, -0.05) is 42.5 Å². The molecular weight excluding hydrogens is 272 g/mol. The molecule has 0 unspecified atom stereocenters. The number of ether oxygens (including phenoxy) is 1. The zero-order chi connectivity index (χ0) is 15.1. The summed E-state index contributed by atoms with van der Waals surface area (Å²) in [5, 5.41) is 2.82. The number of methoxy groups -OCH3 is 1. The lowest BCUT2D eigenvalue weighted by molar-refractivity contribution is -0.00285. The molecule has 21 heavy (non-hydrogen) atoms. The van der Waals surface area contributed by atoms with E-state index >= 15 is 0 Å². The van der Waals surface area contributed by atoms with Crippen LogP contribution in [0, 0.1) is 0 Å². The molecule has 0 radical (unpaired) electrons. The summed E-state index contributed by atoms with van der Waals surface area (Å²) in [6.45, 7) is 0.155. The van der Waals surface area contributed by atoms with Crippen molar-refractivity contribution in [2.45, 2.75) is 12.3 Å². The minimum atomic E-state index is -2.85. The molecule has 0 spiro atoms. The Kier molecular flexibility index (Phi) is 5.28. The number of nitrogens with one attached hydrogen (secondary N) is 1. The lowest BCUT2D eigenvalue weighted by Crippen LogP contribution is -2.31. The average molecular weight is 291 g/mol. The van der Waals surface area contributed by atoms with E-state index in [2.05, 4.69) is 5.32 Å². The summed E-state index contributed by atoms with van der Waals surface area (Å²) in [6, 6.07) is 15.5. The Bertz CT molecular complexity index is 540. The van der Waals surface area contributed by atoms with E-state index in [0.717, 1.165) is 11.3 Å². The molecule has 0 heterocycles. The minimum absolute atomic E-state index is 0.0435. The molecule has 0 aromatic heterocycles. The van der Waals surface area contributed by atoms with Crippen LogP contribution in [0.5, 0.6) is 5.75 Å². The molecule has 0 saturated heterocycles. The number of hydrogen-bond donors (Lipinski definition) is 1. The highest BCUT2D eigenvalue weighted by molar-refractivity contribution is 5.27. The topological polar surface area (TPSA) is 21.3 Å². The van der Waals surface area contributed by atoms with Gasteiger partial charge in [-0.2, -0.15) is 8.78 Å². The standard InChI is InChI=1S/C17H19F2NO/c1-21-16-9-7-14(8-10-16)11-12-20-13-17(18,19)15-5-3-2-4-6-15/h2-10,20H,11-13H2,1H3. The Labute approximate surface area is 123 Å². The van der Waals surface area contributed by atoms with Gasteiger partial charge in [-0.15, -0.1) is 0 Å². The highest BCUT2D eigenvalue weighted by Gasteiger charge is 2.30. The largest absolute Gasteiger partial charge is 0.497 e. The lowest BCUT2D eigenvalue weighted by Gasteiger charge is -2.17. The van der Waals surface area contributed by atoms with Crippen molar-refractivity contribution in [2.75, 3.05) is 20.2 Å². The molecule has 2 rings (SSSR count). The van der Waals surface area contributed by atoms with Crippen molar-refractivity contribution < 1.29 is 13.5 Å². The van der Waals surface area contributed by atoms with Crippen LogP contribution in [-0.4, -0.2) is 20.2 Å². The van der Waals surface area contributed by atoms with Crippen molar-refractivity contribution in [3.05, 3.63) is 65.7 Å². The maximum Gasteiger partial charge on any atom is 0.285 e. The molecule has 0 bridgehead atoms. The van der Waals surface area contributed by atoms with Crippen molar-refractivity contribution in [1.29, 1.82) is 0 Å². The van der Waals surface area contributed by atoms with E-state index < -0.39 is 5.92 Å². The Morgan fingerprint density at radius 1 is 1.00 bits per heavy atom. The van der Waals surface area contributed by atoms with E-state index in [1.54, 1.807) is 25.3 Å². The molecular formula is C17H19F2NO. The first-order valence-corrected chi connectivity index (χ1v) is 6.89. The van der Waals surface area contributed by atoms with Gasteiger partial charge in [0.2, 0.25) is 0 Å². The monoisotopic (exact) mass is 291 g/mol. The zero-order valence-electron chi connectivity index (χ0n) is 12.0. The summed E-state index contributed by atoms with van der Waals surface area (Å²) in [7, 11) is 1.61. The van der Waals surface area contributed by atoms with E-state index in [1.807, 2.05) is 24.3 Å². The van der Waals surface area contributed by atoms with Crippen LogP contribution in [0.2, 0.25) is 0 Å². The molecule has 0 saturated carbocycles. The zero-order valence-corrected chi connectivity index (χ0v) is 12.0. The molecule has 0 amide bonds. The second kappa shape index (κ2) is 7.18. The number of halogens is 2. The van der Waals surface area contributed by atoms with Gasteiger partial charge in [0.15, 0.2) is 0 Å². The van der Waals surface area contributed by atoms with Gasteiger partial charge in [0.25, 0.3) is 5.92 Å². The van der Waals surface area contributed by atoms with Crippen LogP contribution in [0.3, 0.4) is 0 Å². The highest BCUT2D eigenvalue weighted by atomic mass is 19.3. The maximum atomic E-state index is 13.9. The molecule has 2 aromatic carbocycles. The first kappa shape index (κ1) is 15.4. The maximum absolute atomic E-state index is 13.9. The van der Waals surface area contributed by atoms with E-state index in [1.165, 1.54) is 12.1 Å². The van der Waals surface area contributed by atoms with Crippen LogP contribution < -0.4 is 10.1 Å². The van der Waals surface area contributed by atoms with E-state index in [0.29, 0.717) is 13.0 Å². The van der Waals surface area contributed by atoms with Gasteiger partial charge in [-0.25, -0.2) is 0 Å². The molecule has 0 fully saturated rings. The van der Waals surface area contributed by atoms with Crippen molar-refractivity contribution in [3.63, 3.8) is 0 Å². The van der Waals surface area contributed by atoms with Gasteiger partial charge in [0.1, 0.15) is 5.75 Å². The fraction of sp³-hybridized carbons (Fsp3) is 0.294. The van der Waals surface area contributed by atoms with Gasteiger partial charge < -0.3 is 10.1 Å². The Morgan fingerprint density at radius 3 is 2.29 bits per heavy atom. The fourth-order valence-electron chi connectivity index (χ4n) is 2.05. The SMILES string of the molecule is COc1ccc(CCNCC(F)(F)c2ccccc2)cc1. The second-order valence-electron chi connectivity index (χ2n) is 4.85. The highest BCUT2D eigenvalue weighted by Crippen LogP contribution is 2.26. The third kappa shape index (κ3) is 4.53. The van der Waals surface area contributed by atoms with Crippen molar-refractivity contribution in [1.82, 2.24) is 5.32 Å². The van der Waals surface area contributed by atoms with Gasteiger partial charge in [0.05, 0.1) is 13.7 Å². The average Bonchev–Trinajstić information content (AvgIpc) is 2.53. The molecule has 0 aliphatic carbocycles. The molecule has 1 N–H and O–H groups in total. The third-order valence-electron chi connectivity index (χ3n) is 3.29. The van der Waals surface area contributed by atoms with Gasteiger partial charge in [-0.3, -0.25) is 0 Å². The smallest absolute Gasteiger partial charge is 0.285 e. The lowest BCUT2D eigenvalue weighted by atomic mass is 10.1. The number of hydrogen-bond acceptors (Lipinski definition) is 2. The first-order chi connectivity index (χ1) is 10.1. The summed E-state index contributed by atoms with van der Waals surface area (Å²) >= 11 is 0. The van der Waals surface area contributed by atoms with Gasteiger partial charge >= 0.3 is 0 Å². The first-order valence-electron chi connectivity index (χ1n) is 6.89. The summed E-state index contributed by atoms with van der Waals surface area (Å²) in [4.78, 5) is 0. The predicted octanol–water partition coefficient (Wildman–Crippen LogP) is 3.62. The van der Waals surface area contributed by atoms with Crippen LogP contribution in [0.1, 0.15) is 11.1 Å². The van der Waals surface area contributed by atoms with E-state index in [4.69, 9.17) is 4.74 Å². The van der Waals surface area contributed by atoms with Crippen molar-refractivity contribution in [2.24, 2.45) is 0 Å². The molecule has 2 aromatic rings. The number of rotatable bonds is 7. The van der Waals surface area contributed by atoms with Gasteiger partial charge in [0, 0.05) is 5.56 Å². The third-order valence-corrected chi connectivity index (χ3v) is 3.29. The number of alkyl halides is 2. The van der Waals surface area contributed by atoms with Crippen LogP contribution in [-0.2, 0) is 12.3 Å². The van der Waals surface area contributed by atoms with Crippen LogP contribution in [0.4, 0.5) is 8.78 Å². The van der Waals surface area contributed by atoms with Crippen molar-refractivity contribution in [3.8, 4) is 5.75 Å². The molecule has 0 aliphatic heterocycles. The van der Waals surface area contributed by atoms with Crippen LogP contribution in [0.25, 0.3) is 0 Å². The Balaban J connectivity index is 1.78.